The molecule has 2 amide bonds. The third kappa shape index (κ3) is 3.44. The fraction of sp³-hybridized carbons (Fsp3) is 0. The van der Waals surface area contributed by atoms with E-state index in [0.29, 0.717) is 16.0 Å². The molecule has 1 heterocycles. The number of hydrogen-bond acceptors (Lipinski definition) is 4. The van der Waals surface area contributed by atoms with Gasteiger partial charge in [0, 0.05) is 5.56 Å². The van der Waals surface area contributed by atoms with Gasteiger partial charge in [0.25, 0.3) is 11.8 Å². The van der Waals surface area contributed by atoms with Crippen LogP contribution in [0.2, 0.25) is 0 Å². The molecule has 0 fully saturated rings. The minimum absolute atomic E-state index is 0.358. The Balaban J connectivity index is 1.95. The number of rotatable bonds is 2. The number of hydrogen-bond donors (Lipinski definition) is 2. The van der Waals surface area contributed by atoms with Crippen LogP contribution in [0.15, 0.2) is 40.2 Å². The van der Waals surface area contributed by atoms with Crippen LogP contribution in [0.3, 0.4) is 0 Å². The molecule has 20 heavy (non-hydrogen) atoms. The van der Waals surface area contributed by atoms with Crippen LogP contribution in [0.5, 0.6) is 0 Å². The molecule has 1 aromatic carbocycles. The summed E-state index contributed by atoms with van der Waals surface area (Å²) >= 11 is 4.52. The first-order valence-corrected chi connectivity index (χ1v) is 7.07. The summed E-state index contributed by atoms with van der Waals surface area (Å²) in [5.41, 5.74) is 5.46. The van der Waals surface area contributed by atoms with Crippen molar-refractivity contribution in [3.63, 3.8) is 0 Å². The maximum absolute atomic E-state index is 11.8. The predicted octanol–water partition coefficient (Wildman–Crippen LogP) is 2.46. The predicted molar refractivity (Wildman–Crippen MR) is 78.1 cm³/mol. The zero-order chi connectivity index (χ0) is 14.5. The molecule has 1 aromatic heterocycles. The van der Waals surface area contributed by atoms with Gasteiger partial charge in [-0.1, -0.05) is 0 Å². The molecular weight excluding hydrogens is 342 g/mol. The Kier molecular flexibility index (Phi) is 4.50. The average molecular weight is 350 g/mol. The van der Waals surface area contributed by atoms with E-state index in [0.717, 1.165) is 3.79 Å². The van der Waals surface area contributed by atoms with Crippen LogP contribution in [0.4, 0.5) is 0 Å². The lowest BCUT2D eigenvalue weighted by atomic mass is 10.1. The molecule has 0 aliphatic rings. The van der Waals surface area contributed by atoms with Crippen molar-refractivity contribution in [3.05, 3.63) is 56.2 Å². The number of carbonyl (C=O) groups is 2. The van der Waals surface area contributed by atoms with E-state index in [9.17, 15) is 9.59 Å². The van der Waals surface area contributed by atoms with Crippen LogP contribution >= 0.6 is 27.3 Å². The molecule has 2 N–H and O–H groups in total. The second-order valence-corrected chi connectivity index (χ2v) is 6.16. The summed E-state index contributed by atoms with van der Waals surface area (Å²) in [6.07, 6.45) is 0. The monoisotopic (exact) mass is 349 g/mol. The molecule has 7 heteroatoms. The fourth-order valence-corrected chi connectivity index (χ4v) is 2.66. The highest BCUT2D eigenvalue weighted by molar-refractivity contribution is 9.11. The first-order valence-electron chi connectivity index (χ1n) is 5.46. The second kappa shape index (κ2) is 6.32. The maximum atomic E-state index is 11.8. The Labute approximate surface area is 127 Å². The molecule has 0 unspecified atom stereocenters. The standard InChI is InChI=1S/C13H8BrN3O2S/c14-11-6-5-10(20-11)13(19)17-16-12(18)9-3-1-8(7-15)2-4-9/h1-6H,(H,16,18)(H,17,19). The van der Waals surface area contributed by atoms with Gasteiger partial charge in [-0.3, -0.25) is 20.4 Å². The summed E-state index contributed by atoms with van der Waals surface area (Å²) in [6.45, 7) is 0. The summed E-state index contributed by atoms with van der Waals surface area (Å²) in [4.78, 5) is 24.0. The van der Waals surface area contributed by atoms with Crippen LogP contribution in [0, 0.1) is 11.3 Å². The van der Waals surface area contributed by atoms with Crippen molar-refractivity contribution >= 4 is 39.1 Å². The molecule has 0 atom stereocenters. The Morgan fingerprint density at radius 3 is 2.25 bits per heavy atom. The summed E-state index contributed by atoms with van der Waals surface area (Å²) in [6, 6.07) is 11.5. The van der Waals surface area contributed by atoms with Gasteiger partial charge >= 0.3 is 0 Å². The van der Waals surface area contributed by atoms with Gasteiger partial charge in [-0.15, -0.1) is 11.3 Å². The third-order valence-electron chi connectivity index (χ3n) is 2.36. The topological polar surface area (TPSA) is 82.0 Å². The number of benzene rings is 1. The van der Waals surface area contributed by atoms with Crippen molar-refractivity contribution in [2.45, 2.75) is 0 Å². The van der Waals surface area contributed by atoms with Crippen LogP contribution in [0.25, 0.3) is 0 Å². The van der Waals surface area contributed by atoms with Crippen molar-refractivity contribution in [1.29, 1.82) is 5.26 Å². The van der Waals surface area contributed by atoms with Crippen molar-refractivity contribution in [2.75, 3.05) is 0 Å². The number of hydrazine groups is 1. The molecule has 2 rings (SSSR count). The average Bonchev–Trinajstić information content (AvgIpc) is 2.91. The van der Waals surface area contributed by atoms with Gasteiger partial charge in [0.05, 0.1) is 20.3 Å². The van der Waals surface area contributed by atoms with E-state index >= 15 is 0 Å². The molecule has 0 saturated heterocycles. The molecule has 2 aromatic rings. The first kappa shape index (κ1) is 14.2. The zero-order valence-electron chi connectivity index (χ0n) is 10.0. The van der Waals surface area contributed by atoms with E-state index in [4.69, 9.17) is 5.26 Å². The molecule has 5 nitrogen and oxygen atoms in total. The van der Waals surface area contributed by atoms with Gasteiger partial charge in [-0.05, 0) is 52.3 Å². The number of halogens is 1. The van der Waals surface area contributed by atoms with Crippen molar-refractivity contribution < 1.29 is 9.59 Å². The number of nitrogens with zero attached hydrogens (tertiary/aromatic N) is 1. The maximum Gasteiger partial charge on any atom is 0.279 e. The summed E-state index contributed by atoms with van der Waals surface area (Å²) in [5.74, 6) is -0.832. The smallest absolute Gasteiger partial charge is 0.267 e. The lowest BCUT2D eigenvalue weighted by Crippen LogP contribution is -2.41. The van der Waals surface area contributed by atoms with Crippen LogP contribution in [-0.4, -0.2) is 11.8 Å². The van der Waals surface area contributed by atoms with E-state index in [1.54, 1.807) is 12.1 Å². The highest BCUT2D eigenvalue weighted by Gasteiger charge is 2.10. The number of thiophene rings is 1. The van der Waals surface area contributed by atoms with Crippen LogP contribution < -0.4 is 10.9 Å². The molecule has 0 spiro atoms. The Morgan fingerprint density at radius 2 is 1.70 bits per heavy atom. The highest BCUT2D eigenvalue weighted by Crippen LogP contribution is 2.21. The van der Waals surface area contributed by atoms with E-state index in [-0.39, 0.29) is 5.91 Å². The Morgan fingerprint density at radius 1 is 1.05 bits per heavy atom. The van der Waals surface area contributed by atoms with Gasteiger partial charge in [0.15, 0.2) is 0 Å². The summed E-state index contributed by atoms with van der Waals surface area (Å²) < 4.78 is 0.834. The lowest BCUT2D eigenvalue weighted by Gasteiger charge is -2.06. The number of nitrogens with one attached hydrogen (secondary N) is 2. The summed E-state index contributed by atoms with van der Waals surface area (Å²) in [7, 11) is 0. The third-order valence-corrected chi connectivity index (χ3v) is 3.99. The highest BCUT2D eigenvalue weighted by atomic mass is 79.9. The zero-order valence-corrected chi connectivity index (χ0v) is 12.4. The minimum atomic E-state index is -0.446. The van der Waals surface area contributed by atoms with Gasteiger partial charge in [-0.2, -0.15) is 5.26 Å². The van der Waals surface area contributed by atoms with Gasteiger partial charge in [0.1, 0.15) is 0 Å². The number of nitriles is 1. The van der Waals surface area contributed by atoms with E-state index in [1.807, 2.05) is 6.07 Å². The summed E-state index contributed by atoms with van der Waals surface area (Å²) in [5, 5.41) is 8.66. The number of amides is 2. The molecular formula is C13H8BrN3O2S. The molecule has 0 saturated carbocycles. The van der Waals surface area contributed by atoms with Crippen LogP contribution in [0.1, 0.15) is 25.6 Å². The fourth-order valence-electron chi connectivity index (χ4n) is 1.38. The van der Waals surface area contributed by atoms with E-state index in [2.05, 4.69) is 26.8 Å². The lowest BCUT2D eigenvalue weighted by molar-refractivity contribution is 0.0849. The normalized spacial score (nSPS) is 9.60. The molecule has 0 bridgehead atoms. The quantitative estimate of drug-likeness (QED) is 0.817. The van der Waals surface area contributed by atoms with Crippen molar-refractivity contribution in [3.8, 4) is 6.07 Å². The SMILES string of the molecule is N#Cc1ccc(C(=O)NNC(=O)c2ccc(Br)s2)cc1. The Bertz CT molecular complexity index is 688. The molecule has 0 aliphatic carbocycles. The van der Waals surface area contributed by atoms with E-state index in [1.165, 1.54) is 35.6 Å². The number of carbonyl (C=O) groups excluding carboxylic acids is 2. The van der Waals surface area contributed by atoms with E-state index < -0.39 is 5.91 Å². The molecule has 0 radical (unpaired) electrons. The molecule has 0 aliphatic heterocycles. The van der Waals surface area contributed by atoms with Gasteiger partial charge in [-0.25, -0.2) is 0 Å². The Hall–Kier alpha value is -2.17. The van der Waals surface area contributed by atoms with Crippen molar-refractivity contribution in [1.82, 2.24) is 10.9 Å². The van der Waals surface area contributed by atoms with Gasteiger partial charge in [0.2, 0.25) is 0 Å². The molecule has 100 valence electrons. The van der Waals surface area contributed by atoms with Gasteiger partial charge < -0.3 is 0 Å². The van der Waals surface area contributed by atoms with Crippen LogP contribution in [-0.2, 0) is 0 Å². The second-order valence-electron chi connectivity index (χ2n) is 3.70. The minimum Gasteiger partial charge on any atom is -0.267 e. The van der Waals surface area contributed by atoms with Crippen molar-refractivity contribution in [2.24, 2.45) is 0 Å². The first-order chi connectivity index (χ1) is 9.60. The largest absolute Gasteiger partial charge is 0.279 e.